The summed E-state index contributed by atoms with van der Waals surface area (Å²) in [7, 11) is 0. The summed E-state index contributed by atoms with van der Waals surface area (Å²) in [5, 5.41) is 5.20. The van der Waals surface area contributed by atoms with Crippen molar-refractivity contribution in [3.8, 4) is 11.3 Å². The van der Waals surface area contributed by atoms with Gasteiger partial charge in [-0.15, -0.1) is 5.10 Å². The van der Waals surface area contributed by atoms with Gasteiger partial charge >= 0.3 is 0 Å². The molecule has 0 unspecified atom stereocenters. The van der Waals surface area contributed by atoms with Crippen LogP contribution < -0.4 is 10.5 Å². The molecule has 156 valence electrons. The lowest BCUT2D eigenvalue weighted by Gasteiger charge is -2.22. The number of hydrogen-bond donors (Lipinski definition) is 0. The number of Topliss-reactive ketones (excluding diaryl/α,β-unsaturated/α-hetero) is 1. The number of rotatable bonds is 6. The van der Waals surface area contributed by atoms with Gasteiger partial charge in [0.2, 0.25) is 10.1 Å². The van der Waals surface area contributed by atoms with Crippen LogP contribution in [-0.2, 0) is 11.2 Å². The number of fused-ring (bicyclic) bond motifs is 1. The average Bonchev–Trinajstić information content (AvgIpc) is 3.46. The van der Waals surface area contributed by atoms with Crippen molar-refractivity contribution in [3.63, 3.8) is 0 Å². The highest BCUT2D eigenvalue weighted by Gasteiger charge is 2.32. The second-order valence-corrected chi connectivity index (χ2v) is 8.66. The summed E-state index contributed by atoms with van der Waals surface area (Å²) >= 11 is 1.37. The first kappa shape index (κ1) is 19.6. The Morgan fingerprint density at radius 3 is 2.58 bits per heavy atom. The molecular formula is C24H22N4O2S. The van der Waals surface area contributed by atoms with E-state index in [-0.39, 0.29) is 17.4 Å². The molecule has 1 saturated heterocycles. The lowest BCUT2D eigenvalue weighted by molar-refractivity contribution is -0.120. The van der Waals surface area contributed by atoms with Gasteiger partial charge in [-0.2, -0.15) is 4.52 Å². The second kappa shape index (κ2) is 8.43. The maximum Gasteiger partial charge on any atom is 0.275 e. The SMILES string of the molecule is O=C(CCc1ccccc1)[C@H]1CCCN1c1nn2c(=O)cc(-c3ccccc3)nc2s1. The zero-order valence-corrected chi connectivity index (χ0v) is 17.8. The predicted molar refractivity (Wildman–Crippen MR) is 123 cm³/mol. The van der Waals surface area contributed by atoms with E-state index >= 15 is 0 Å². The van der Waals surface area contributed by atoms with Crippen molar-refractivity contribution >= 4 is 27.2 Å². The zero-order valence-electron chi connectivity index (χ0n) is 17.0. The van der Waals surface area contributed by atoms with E-state index in [0.29, 0.717) is 22.2 Å². The quantitative estimate of drug-likeness (QED) is 0.463. The number of hydrogen-bond acceptors (Lipinski definition) is 6. The van der Waals surface area contributed by atoms with Crippen molar-refractivity contribution in [2.75, 3.05) is 11.4 Å². The molecule has 1 aliphatic heterocycles. The van der Waals surface area contributed by atoms with E-state index in [1.807, 2.05) is 53.4 Å². The van der Waals surface area contributed by atoms with Gasteiger partial charge in [0, 0.05) is 24.6 Å². The number of carbonyl (C=O) groups is 1. The monoisotopic (exact) mass is 430 g/mol. The van der Waals surface area contributed by atoms with Gasteiger partial charge in [-0.1, -0.05) is 72.0 Å². The van der Waals surface area contributed by atoms with Crippen molar-refractivity contribution in [2.45, 2.75) is 31.7 Å². The Labute approximate surface area is 183 Å². The van der Waals surface area contributed by atoms with Crippen LogP contribution in [0, 0.1) is 0 Å². The number of ketones is 1. The smallest absolute Gasteiger partial charge is 0.275 e. The van der Waals surface area contributed by atoms with Gasteiger partial charge in [-0.25, -0.2) is 4.98 Å². The largest absolute Gasteiger partial charge is 0.337 e. The van der Waals surface area contributed by atoms with Crippen LogP contribution in [0.15, 0.2) is 71.5 Å². The Bertz CT molecular complexity index is 1270. The van der Waals surface area contributed by atoms with Crippen molar-refractivity contribution in [1.82, 2.24) is 14.6 Å². The first-order valence-electron chi connectivity index (χ1n) is 10.5. The average molecular weight is 431 g/mol. The van der Waals surface area contributed by atoms with Crippen LogP contribution in [-0.4, -0.2) is 33.0 Å². The Morgan fingerprint density at radius 1 is 1.06 bits per heavy atom. The van der Waals surface area contributed by atoms with E-state index in [9.17, 15) is 9.59 Å². The molecule has 7 heteroatoms. The van der Waals surface area contributed by atoms with E-state index in [0.717, 1.165) is 31.4 Å². The Hall–Kier alpha value is -3.32. The summed E-state index contributed by atoms with van der Waals surface area (Å²) in [5.74, 6) is 0.228. The molecule has 2 aromatic carbocycles. The highest BCUT2D eigenvalue weighted by Crippen LogP contribution is 2.30. The second-order valence-electron chi connectivity index (χ2n) is 7.73. The van der Waals surface area contributed by atoms with Crippen LogP contribution in [0.4, 0.5) is 5.13 Å². The topological polar surface area (TPSA) is 67.6 Å². The molecule has 6 nitrogen and oxygen atoms in total. The molecule has 2 aromatic heterocycles. The molecule has 4 aromatic rings. The van der Waals surface area contributed by atoms with Crippen molar-refractivity contribution in [1.29, 1.82) is 0 Å². The molecule has 3 heterocycles. The molecular weight excluding hydrogens is 408 g/mol. The number of anilines is 1. The first-order chi connectivity index (χ1) is 15.2. The number of nitrogens with zero attached hydrogens (tertiary/aromatic N) is 4. The van der Waals surface area contributed by atoms with Crippen LogP contribution in [0.1, 0.15) is 24.8 Å². The van der Waals surface area contributed by atoms with Gasteiger partial charge in [0.15, 0.2) is 5.78 Å². The summed E-state index contributed by atoms with van der Waals surface area (Å²) in [4.78, 5) is 32.9. The van der Waals surface area contributed by atoms with Gasteiger partial charge in [0.25, 0.3) is 5.56 Å². The Balaban J connectivity index is 1.39. The number of aryl methyl sites for hydroxylation is 1. The molecule has 1 fully saturated rings. The van der Waals surface area contributed by atoms with E-state index in [2.05, 4.69) is 22.2 Å². The number of aromatic nitrogens is 3. The lowest BCUT2D eigenvalue weighted by Crippen LogP contribution is -2.36. The molecule has 0 N–H and O–H groups in total. The lowest BCUT2D eigenvalue weighted by atomic mass is 10.0. The molecule has 0 aliphatic carbocycles. The maximum absolute atomic E-state index is 13.0. The van der Waals surface area contributed by atoms with Crippen molar-refractivity contribution < 1.29 is 4.79 Å². The summed E-state index contributed by atoms with van der Waals surface area (Å²) in [5.41, 5.74) is 2.49. The molecule has 1 aliphatic rings. The summed E-state index contributed by atoms with van der Waals surface area (Å²) < 4.78 is 1.34. The standard InChI is InChI=1S/C24H22N4O2S/c29-21(14-13-17-8-3-1-4-9-17)20-12-7-15-27(20)24-26-28-22(30)16-19(25-23(28)31-24)18-10-5-2-6-11-18/h1-6,8-11,16,20H,7,12-15H2/t20-/m1/s1. The van der Waals surface area contributed by atoms with Crippen LogP contribution in [0.3, 0.4) is 0 Å². The van der Waals surface area contributed by atoms with Crippen LogP contribution >= 0.6 is 11.3 Å². The predicted octanol–water partition coefficient (Wildman–Crippen LogP) is 3.99. The van der Waals surface area contributed by atoms with Gasteiger partial charge in [-0.3, -0.25) is 9.59 Å². The number of carbonyl (C=O) groups excluding carboxylic acids is 1. The van der Waals surface area contributed by atoms with E-state index in [1.165, 1.54) is 27.5 Å². The van der Waals surface area contributed by atoms with Crippen molar-refractivity contribution in [2.24, 2.45) is 0 Å². The minimum atomic E-state index is -0.211. The number of benzene rings is 2. The molecule has 0 amide bonds. The fourth-order valence-electron chi connectivity index (χ4n) is 4.08. The highest BCUT2D eigenvalue weighted by atomic mass is 32.1. The minimum absolute atomic E-state index is 0.187. The van der Waals surface area contributed by atoms with Crippen molar-refractivity contribution in [3.05, 3.63) is 82.6 Å². The minimum Gasteiger partial charge on any atom is -0.337 e. The molecule has 0 bridgehead atoms. The fourth-order valence-corrected chi connectivity index (χ4v) is 5.07. The summed E-state index contributed by atoms with van der Waals surface area (Å²) in [6.45, 7) is 0.766. The Kier molecular flexibility index (Phi) is 5.34. The van der Waals surface area contributed by atoms with Gasteiger partial charge < -0.3 is 4.90 Å². The third kappa shape index (κ3) is 4.01. The normalized spacial score (nSPS) is 16.1. The van der Waals surface area contributed by atoms with E-state index < -0.39 is 0 Å². The third-order valence-electron chi connectivity index (χ3n) is 5.68. The van der Waals surface area contributed by atoms with Gasteiger partial charge in [-0.05, 0) is 24.8 Å². The molecule has 31 heavy (non-hydrogen) atoms. The fraction of sp³-hybridized carbons (Fsp3) is 0.250. The summed E-state index contributed by atoms with van der Waals surface area (Å²) in [6, 6.07) is 21.0. The third-order valence-corrected chi connectivity index (χ3v) is 6.62. The van der Waals surface area contributed by atoms with Gasteiger partial charge in [0.05, 0.1) is 11.7 Å². The molecule has 0 spiro atoms. The summed E-state index contributed by atoms with van der Waals surface area (Å²) in [6.07, 6.45) is 3.01. The molecule has 0 radical (unpaired) electrons. The Morgan fingerprint density at radius 2 is 1.81 bits per heavy atom. The first-order valence-corrected chi connectivity index (χ1v) is 11.3. The van der Waals surface area contributed by atoms with E-state index in [1.54, 1.807) is 0 Å². The van der Waals surface area contributed by atoms with E-state index in [4.69, 9.17) is 0 Å². The maximum atomic E-state index is 13.0. The van der Waals surface area contributed by atoms with Crippen LogP contribution in [0.2, 0.25) is 0 Å². The molecule has 0 saturated carbocycles. The van der Waals surface area contributed by atoms with Gasteiger partial charge in [0.1, 0.15) is 0 Å². The molecule has 5 rings (SSSR count). The highest BCUT2D eigenvalue weighted by molar-refractivity contribution is 7.20. The molecule has 1 atom stereocenters. The van der Waals surface area contributed by atoms with Crippen LogP contribution in [0.5, 0.6) is 0 Å². The zero-order chi connectivity index (χ0) is 21.2. The van der Waals surface area contributed by atoms with Crippen LogP contribution in [0.25, 0.3) is 16.2 Å².